The Morgan fingerprint density at radius 1 is 0.776 bits per heavy atom. The first-order valence-corrected chi connectivity index (χ1v) is 17.8. The second-order valence-electron chi connectivity index (χ2n) is 13.3. The number of fused-ring (bicyclic) bond motifs is 4. The van der Waals surface area contributed by atoms with Crippen molar-refractivity contribution in [2.45, 2.75) is 13.1 Å². The number of nitrogens with zero attached hydrogens (tertiary/aromatic N) is 2. The predicted octanol–water partition coefficient (Wildman–Crippen LogP) is 7.46. The second kappa shape index (κ2) is 14.8. The molecule has 0 unspecified atom stereocenters. The summed E-state index contributed by atoms with van der Waals surface area (Å²) in [6.07, 6.45) is 0.644. The van der Waals surface area contributed by atoms with Crippen LogP contribution < -0.4 is 21.8 Å². The summed E-state index contributed by atoms with van der Waals surface area (Å²) in [4.78, 5) is 71.6. The number of rotatable bonds is 11. The van der Waals surface area contributed by atoms with E-state index in [0.29, 0.717) is 61.8 Å². The summed E-state index contributed by atoms with van der Waals surface area (Å²) >= 11 is 0. The number of hydrogen-bond donors (Lipinski definition) is 5. The molecule has 0 fully saturated rings. The minimum Gasteiger partial charge on any atom is -0.478 e. The number of carboxylic acids is 2. The second-order valence-corrected chi connectivity index (χ2v) is 13.3. The molecule has 0 saturated heterocycles. The largest absolute Gasteiger partial charge is 0.478 e. The summed E-state index contributed by atoms with van der Waals surface area (Å²) in [5.41, 5.74) is 10.3. The van der Waals surface area contributed by atoms with Crippen LogP contribution in [0.25, 0.3) is 55.2 Å². The van der Waals surface area contributed by atoms with Gasteiger partial charge in [0, 0.05) is 51.6 Å². The van der Waals surface area contributed by atoms with Gasteiger partial charge in [-0.25, -0.2) is 24.4 Å². The third-order valence-electron chi connectivity index (χ3n) is 9.91. The van der Waals surface area contributed by atoms with Gasteiger partial charge in [-0.15, -0.1) is 0 Å². The van der Waals surface area contributed by atoms with Gasteiger partial charge in [0.15, 0.2) is 11.7 Å². The van der Waals surface area contributed by atoms with Crippen molar-refractivity contribution in [3.8, 4) is 22.5 Å². The number of carbonyl (C=O) groups excluding carboxylic acids is 2. The van der Waals surface area contributed by atoms with E-state index < -0.39 is 23.3 Å². The first-order chi connectivity index (χ1) is 28.1. The molecule has 0 bridgehead atoms. The lowest BCUT2D eigenvalue weighted by Gasteiger charge is -2.22. The lowest BCUT2D eigenvalue weighted by Crippen LogP contribution is -2.16. The standard InChI is InChI=1S/C44H31N5O9/c1-57-44(56)24-9-12-26(42(52)53)29(18-24)37-27-13-15-32(45)30(19-46-34-7-3-5-23-10-16-35(43(54)55)49-39(23)34)40(27)58-41-28(37)14-17-36(51)31(41)20-47-33-6-2-4-22-8-11-25(21-50)48-38(22)33/h2-18,21,46-47H,19-20,45H2,1H3,(H,52,53)(H,54,55). The topological polar surface area (TPSA) is 224 Å². The molecule has 4 aromatic carbocycles. The molecule has 6 aromatic rings. The van der Waals surface area contributed by atoms with E-state index >= 15 is 0 Å². The molecule has 1 aliphatic carbocycles. The van der Waals surface area contributed by atoms with Gasteiger partial charge >= 0.3 is 17.9 Å². The summed E-state index contributed by atoms with van der Waals surface area (Å²) in [5.74, 6) is -3.02. The molecule has 1 aliphatic heterocycles. The highest BCUT2D eigenvalue weighted by atomic mass is 16.5. The van der Waals surface area contributed by atoms with E-state index in [1.807, 2.05) is 12.1 Å². The number of nitrogen functional groups attached to an aromatic ring is 1. The Morgan fingerprint density at radius 2 is 1.47 bits per heavy atom. The fourth-order valence-corrected chi connectivity index (χ4v) is 7.10. The van der Waals surface area contributed by atoms with Crippen molar-refractivity contribution in [1.29, 1.82) is 0 Å². The molecular weight excluding hydrogens is 743 g/mol. The Morgan fingerprint density at radius 3 is 2.14 bits per heavy atom. The maximum absolute atomic E-state index is 13.8. The molecule has 0 radical (unpaired) electrons. The summed E-state index contributed by atoms with van der Waals surface area (Å²) in [5, 5.41) is 28.5. The van der Waals surface area contributed by atoms with E-state index in [2.05, 4.69) is 20.6 Å². The number of aldehydes is 1. The maximum Gasteiger partial charge on any atom is 0.354 e. The Bertz CT molecular complexity index is 3050. The SMILES string of the molecule is COC(=O)c1ccc(C(=O)O)c(-c2c3ccc(=O)c(CNc4cccc5ccc(C=O)nc45)c-3oc3c(CNc4cccc5ccc(C(=O)O)nc45)c(N)ccc23)c1. The van der Waals surface area contributed by atoms with E-state index in [9.17, 15) is 34.2 Å². The molecule has 3 heterocycles. The van der Waals surface area contributed by atoms with Gasteiger partial charge in [-0.05, 0) is 72.3 Å². The highest BCUT2D eigenvalue weighted by Gasteiger charge is 2.27. The number of para-hydroxylation sites is 2. The zero-order chi connectivity index (χ0) is 40.7. The van der Waals surface area contributed by atoms with Crippen LogP contribution in [-0.4, -0.2) is 51.5 Å². The Kier molecular flexibility index (Phi) is 9.42. The van der Waals surface area contributed by atoms with E-state index in [-0.39, 0.29) is 58.1 Å². The number of nitrogens with one attached hydrogen (secondary N) is 2. The number of benzene rings is 5. The third-order valence-corrected chi connectivity index (χ3v) is 9.91. The molecule has 2 aliphatic rings. The molecule has 2 aromatic heterocycles. The number of nitrogens with two attached hydrogens (primary N) is 1. The number of aromatic carboxylic acids is 2. The Hall–Kier alpha value is -8.13. The smallest absolute Gasteiger partial charge is 0.354 e. The summed E-state index contributed by atoms with van der Waals surface area (Å²) < 4.78 is 11.7. The van der Waals surface area contributed by atoms with Crippen molar-refractivity contribution in [2.75, 3.05) is 23.5 Å². The molecule has 14 nitrogen and oxygen atoms in total. The number of pyridine rings is 2. The monoisotopic (exact) mass is 773 g/mol. The van der Waals surface area contributed by atoms with Gasteiger partial charge in [0.2, 0.25) is 0 Å². The fraction of sp³-hybridized carbons (Fsp3) is 0.0682. The number of methoxy groups -OCH3 is 1. The quantitative estimate of drug-likeness (QED) is 0.0372. The lowest BCUT2D eigenvalue weighted by atomic mass is 9.87. The van der Waals surface area contributed by atoms with Crippen molar-refractivity contribution in [3.05, 3.63) is 147 Å². The van der Waals surface area contributed by atoms with Crippen molar-refractivity contribution in [1.82, 2.24) is 9.97 Å². The van der Waals surface area contributed by atoms with E-state index in [4.69, 9.17) is 14.9 Å². The van der Waals surface area contributed by atoms with Gasteiger partial charge in [0.25, 0.3) is 0 Å². The van der Waals surface area contributed by atoms with Crippen LogP contribution in [-0.2, 0) is 17.8 Å². The molecule has 286 valence electrons. The normalized spacial score (nSPS) is 11.2. The van der Waals surface area contributed by atoms with Crippen molar-refractivity contribution in [3.63, 3.8) is 0 Å². The average molecular weight is 774 g/mol. The molecule has 0 amide bonds. The molecule has 58 heavy (non-hydrogen) atoms. The number of aromatic nitrogens is 2. The van der Waals surface area contributed by atoms with Crippen molar-refractivity contribution < 1.29 is 38.5 Å². The summed E-state index contributed by atoms with van der Waals surface area (Å²) in [6.45, 7) is -0.0523. The van der Waals surface area contributed by atoms with Crippen LogP contribution in [0.4, 0.5) is 17.1 Å². The molecule has 0 atom stereocenters. The Labute approximate surface area is 327 Å². The number of anilines is 3. The molecule has 14 heteroatoms. The van der Waals surface area contributed by atoms with E-state index in [1.54, 1.807) is 60.7 Å². The first kappa shape index (κ1) is 36.8. The number of ether oxygens (including phenoxy) is 1. The van der Waals surface area contributed by atoms with E-state index in [1.165, 1.54) is 37.4 Å². The fourth-order valence-electron chi connectivity index (χ4n) is 7.10. The van der Waals surface area contributed by atoms with Gasteiger partial charge < -0.3 is 35.7 Å². The minimum absolute atomic E-state index is 0.0229. The van der Waals surface area contributed by atoms with Crippen LogP contribution in [0.3, 0.4) is 0 Å². The zero-order valence-electron chi connectivity index (χ0n) is 30.5. The maximum atomic E-state index is 13.8. The third kappa shape index (κ3) is 6.53. The van der Waals surface area contributed by atoms with Crippen LogP contribution in [0.2, 0.25) is 0 Å². The van der Waals surface area contributed by atoms with Gasteiger partial charge in [-0.1, -0.05) is 36.4 Å². The van der Waals surface area contributed by atoms with E-state index in [0.717, 1.165) is 5.39 Å². The van der Waals surface area contributed by atoms with Crippen LogP contribution in [0.5, 0.6) is 0 Å². The number of hydrogen-bond acceptors (Lipinski definition) is 12. The number of esters is 1. The van der Waals surface area contributed by atoms with Crippen LogP contribution in [0.15, 0.2) is 112 Å². The highest BCUT2D eigenvalue weighted by Crippen LogP contribution is 2.45. The summed E-state index contributed by atoms with van der Waals surface area (Å²) in [6, 6.07) is 27.5. The highest BCUT2D eigenvalue weighted by molar-refractivity contribution is 6.10. The van der Waals surface area contributed by atoms with Crippen molar-refractivity contribution in [2.24, 2.45) is 0 Å². The Balaban J connectivity index is 1.35. The minimum atomic E-state index is -1.27. The molecule has 0 saturated carbocycles. The number of carboxylic acid groups (broad SMARTS) is 2. The molecule has 8 rings (SSSR count). The van der Waals surface area contributed by atoms with Gasteiger partial charge in [-0.3, -0.25) is 9.59 Å². The van der Waals surface area contributed by atoms with Crippen LogP contribution >= 0.6 is 0 Å². The molecular formula is C44H31N5O9. The lowest BCUT2D eigenvalue weighted by molar-refractivity contribution is 0.0598. The van der Waals surface area contributed by atoms with Gasteiger partial charge in [0.1, 0.15) is 22.7 Å². The number of carbonyl (C=O) groups is 4. The molecule has 6 N–H and O–H groups in total. The van der Waals surface area contributed by atoms with Gasteiger partial charge in [0.05, 0.1) is 46.2 Å². The predicted molar refractivity (Wildman–Crippen MR) is 218 cm³/mol. The molecule has 0 spiro atoms. The van der Waals surface area contributed by atoms with Crippen molar-refractivity contribution >= 4 is 74.0 Å². The zero-order valence-corrected chi connectivity index (χ0v) is 30.5. The first-order valence-electron chi connectivity index (χ1n) is 17.8. The van der Waals surface area contributed by atoms with Gasteiger partial charge in [-0.2, -0.15) is 0 Å². The average Bonchev–Trinajstić information content (AvgIpc) is 3.24. The summed E-state index contributed by atoms with van der Waals surface area (Å²) in [7, 11) is 1.22. The van der Waals surface area contributed by atoms with Crippen LogP contribution in [0, 0.1) is 0 Å². The van der Waals surface area contributed by atoms with Crippen LogP contribution in [0.1, 0.15) is 52.8 Å².